The van der Waals surface area contributed by atoms with Gasteiger partial charge < -0.3 is 14.3 Å². The van der Waals surface area contributed by atoms with Crippen LogP contribution in [-0.2, 0) is 6.42 Å². The highest BCUT2D eigenvalue weighted by Crippen LogP contribution is 2.37. The Kier molecular flexibility index (Phi) is 4.00. The number of aromatic nitrogens is 6. The Balaban J connectivity index is 1.65. The number of hydrogen-bond acceptors (Lipinski definition) is 6. The van der Waals surface area contributed by atoms with Crippen LogP contribution in [0.5, 0.6) is 0 Å². The van der Waals surface area contributed by atoms with E-state index in [1.54, 1.807) is 17.0 Å². The molecule has 0 radical (unpaired) electrons. The van der Waals surface area contributed by atoms with Gasteiger partial charge in [-0.15, -0.1) is 5.10 Å². The number of anilines is 1. The minimum Gasteiger partial charge on any atom is -0.402 e. The van der Waals surface area contributed by atoms with Crippen molar-refractivity contribution in [2.45, 2.75) is 25.3 Å². The van der Waals surface area contributed by atoms with Crippen molar-refractivity contribution in [3.63, 3.8) is 0 Å². The predicted octanol–water partition coefficient (Wildman–Crippen LogP) is 3.47. The summed E-state index contributed by atoms with van der Waals surface area (Å²) in [5.74, 6) is -0.790. The van der Waals surface area contributed by atoms with Crippen molar-refractivity contribution < 1.29 is 22.0 Å². The predicted molar refractivity (Wildman–Crippen MR) is 90.9 cm³/mol. The lowest BCUT2D eigenvalue weighted by Crippen LogP contribution is -2.37. The molecule has 1 N–H and O–H groups in total. The van der Waals surface area contributed by atoms with Crippen molar-refractivity contribution >= 4 is 11.5 Å². The fraction of sp³-hybridized carbons (Fsp3) is 0.294. The molecule has 8 nitrogen and oxygen atoms in total. The van der Waals surface area contributed by atoms with Crippen LogP contribution >= 0.6 is 0 Å². The van der Waals surface area contributed by atoms with Crippen LogP contribution in [-0.4, -0.2) is 36.3 Å². The number of nitrogens with one attached hydrogen (secondary N) is 1. The number of rotatable bonds is 4. The van der Waals surface area contributed by atoms with Gasteiger partial charge >= 0.3 is 12.4 Å². The summed E-state index contributed by atoms with van der Waals surface area (Å²) >= 11 is 0. The van der Waals surface area contributed by atoms with E-state index in [4.69, 9.17) is 4.42 Å². The molecule has 5 rings (SSSR count). The molecule has 1 aliphatic rings. The third-order valence-corrected chi connectivity index (χ3v) is 4.83. The van der Waals surface area contributed by atoms with Gasteiger partial charge in [-0.3, -0.25) is 0 Å². The van der Waals surface area contributed by atoms with E-state index >= 15 is 0 Å². The van der Waals surface area contributed by atoms with Gasteiger partial charge in [0.2, 0.25) is 0 Å². The average molecular weight is 407 g/mol. The van der Waals surface area contributed by atoms with Crippen molar-refractivity contribution in [2.75, 3.05) is 11.4 Å². The van der Waals surface area contributed by atoms with E-state index in [-0.39, 0.29) is 11.7 Å². The Morgan fingerprint density at radius 3 is 2.76 bits per heavy atom. The number of halogens is 4. The van der Waals surface area contributed by atoms with E-state index in [1.165, 1.54) is 18.5 Å². The van der Waals surface area contributed by atoms with Crippen molar-refractivity contribution in [1.29, 1.82) is 0 Å². The van der Waals surface area contributed by atoms with Crippen LogP contribution in [0.25, 0.3) is 5.52 Å². The maximum absolute atomic E-state index is 13.4. The molecule has 150 valence electrons. The summed E-state index contributed by atoms with van der Waals surface area (Å²) < 4.78 is 58.8. The Labute approximate surface area is 160 Å². The van der Waals surface area contributed by atoms with Crippen molar-refractivity contribution in [3.8, 4) is 0 Å². The Bertz CT molecular complexity index is 1170. The molecule has 0 aromatic carbocycles. The van der Waals surface area contributed by atoms with E-state index in [9.17, 15) is 17.6 Å². The zero-order valence-electron chi connectivity index (χ0n) is 14.6. The fourth-order valence-corrected chi connectivity index (χ4v) is 3.57. The molecule has 0 spiro atoms. The second kappa shape index (κ2) is 6.57. The molecule has 0 fully saturated rings. The maximum Gasteiger partial charge on any atom is 0.319 e. The SMILES string of the molecule is FC(F)c1nnc(N2CCc3[nH]cnc3C2c2cc3cccc(C(F)F)n3n2)o1. The largest absolute Gasteiger partial charge is 0.402 e. The van der Waals surface area contributed by atoms with Gasteiger partial charge in [0.05, 0.1) is 23.2 Å². The number of nitrogens with zero attached hydrogens (tertiary/aromatic N) is 6. The summed E-state index contributed by atoms with van der Waals surface area (Å²) in [7, 11) is 0. The molecular weight excluding hydrogens is 394 g/mol. The van der Waals surface area contributed by atoms with Gasteiger partial charge in [0.1, 0.15) is 11.7 Å². The molecule has 4 aromatic heterocycles. The number of H-pyrrole nitrogens is 1. The van der Waals surface area contributed by atoms with Gasteiger partial charge in [0.15, 0.2) is 0 Å². The van der Waals surface area contributed by atoms with Gasteiger partial charge in [-0.25, -0.2) is 18.3 Å². The van der Waals surface area contributed by atoms with Crippen LogP contribution in [0.2, 0.25) is 0 Å². The second-order valence-corrected chi connectivity index (χ2v) is 6.49. The lowest BCUT2D eigenvalue weighted by atomic mass is 10.0. The summed E-state index contributed by atoms with van der Waals surface area (Å²) in [6.45, 7) is 0.361. The van der Waals surface area contributed by atoms with Gasteiger partial charge in [-0.05, 0) is 18.2 Å². The Morgan fingerprint density at radius 1 is 1.14 bits per heavy atom. The number of aromatic amines is 1. The third-order valence-electron chi connectivity index (χ3n) is 4.83. The number of pyridine rings is 1. The number of imidazole rings is 1. The molecule has 1 aliphatic heterocycles. The first-order chi connectivity index (χ1) is 14.0. The highest BCUT2D eigenvalue weighted by molar-refractivity contribution is 5.53. The highest BCUT2D eigenvalue weighted by atomic mass is 19.3. The Hall–Kier alpha value is -3.44. The molecule has 4 aromatic rings. The van der Waals surface area contributed by atoms with Gasteiger partial charge in [-0.2, -0.15) is 13.9 Å². The molecule has 0 saturated heterocycles. The summed E-state index contributed by atoms with van der Waals surface area (Å²) in [5, 5.41) is 11.5. The third kappa shape index (κ3) is 2.82. The Morgan fingerprint density at radius 2 is 2.00 bits per heavy atom. The van der Waals surface area contributed by atoms with Crippen LogP contribution in [0.1, 0.15) is 47.6 Å². The first kappa shape index (κ1) is 17.6. The van der Waals surface area contributed by atoms with Crippen molar-refractivity contribution in [3.05, 3.63) is 59.3 Å². The lowest BCUT2D eigenvalue weighted by Gasteiger charge is -2.32. The minimum absolute atomic E-state index is 0.106. The normalized spacial score (nSPS) is 16.9. The average Bonchev–Trinajstić information content (AvgIpc) is 3.44. The van der Waals surface area contributed by atoms with Crippen molar-refractivity contribution in [2.24, 2.45) is 0 Å². The van der Waals surface area contributed by atoms with Gasteiger partial charge in [0.25, 0.3) is 12.3 Å². The molecular formula is C17H13F4N7O. The smallest absolute Gasteiger partial charge is 0.319 e. The monoisotopic (exact) mass is 407 g/mol. The van der Waals surface area contributed by atoms with Crippen LogP contribution < -0.4 is 4.90 Å². The van der Waals surface area contributed by atoms with E-state index in [0.29, 0.717) is 29.9 Å². The van der Waals surface area contributed by atoms with E-state index < -0.39 is 24.8 Å². The summed E-state index contributed by atoms with van der Waals surface area (Å²) in [6, 6.07) is 5.35. The van der Waals surface area contributed by atoms with E-state index in [2.05, 4.69) is 25.3 Å². The fourth-order valence-electron chi connectivity index (χ4n) is 3.57. The van der Waals surface area contributed by atoms with Crippen molar-refractivity contribution in [1.82, 2.24) is 29.8 Å². The molecule has 1 atom stereocenters. The summed E-state index contributed by atoms with van der Waals surface area (Å²) in [5.41, 5.74) is 2.05. The second-order valence-electron chi connectivity index (χ2n) is 6.49. The van der Waals surface area contributed by atoms with Crippen LogP contribution in [0.15, 0.2) is 35.0 Å². The van der Waals surface area contributed by atoms with Gasteiger partial charge in [0, 0.05) is 18.7 Å². The quantitative estimate of drug-likeness (QED) is 0.521. The van der Waals surface area contributed by atoms with E-state index in [0.717, 1.165) is 10.2 Å². The number of alkyl halides is 4. The summed E-state index contributed by atoms with van der Waals surface area (Å²) in [6.07, 6.45) is -3.56. The van der Waals surface area contributed by atoms with Crippen LogP contribution in [0.3, 0.4) is 0 Å². The molecule has 12 heteroatoms. The van der Waals surface area contributed by atoms with Gasteiger partial charge in [-0.1, -0.05) is 11.2 Å². The highest BCUT2D eigenvalue weighted by Gasteiger charge is 2.36. The zero-order chi connectivity index (χ0) is 20.1. The number of fused-ring (bicyclic) bond motifs is 2. The molecule has 0 aliphatic carbocycles. The first-order valence-corrected chi connectivity index (χ1v) is 8.70. The molecule has 5 heterocycles. The number of hydrogen-bond donors (Lipinski definition) is 1. The molecule has 0 bridgehead atoms. The summed E-state index contributed by atoms with van der Waals surface area (Å²) in [4.78, 5) is 8.97. The lowest BCUT2D eigenvalue weighted by molar-refractivity contribution is 0.115. The molecule has 0 saturated carbocycles. The first-order valence-electron chi connectivity index (χ1n) is 8.70. The molecule has 29 heavy (non-hydrogen) atoms. The van der Waals surface area contributed by atoms with E-state index in [1.807, 2.05) is 0 Å². The van der Waals surface area contributed by atoms with Crippen LogP contribution in [0.4, 0.5) is 23.6 Å². The standard InChI is InChI=1S/C17H13F4N7O/c18-14(19)11-3-1-2-8-6-10(26-28(8)11)13-12-9(22-7-23-12)4-5-27(13)17-25-24-16(29-17)15(20)21/h1-3,6-7,13-15H,4-5H2,(H,22,23). The molecule has 0 amide bonds. The topological polar surface area (TPSA) is 88.1 Å². The minimum atomic E-state index is -2.90. The maximum atomic E-state index is 13.4. The zero-order valence-corrected chi connectivity index (χ0v) is 14.6. The molecule has 1 unspecified atom stereocenters. The van der Waals surface area contributed by atoms with Crippen LogP contribution in [0, 0.1) is 0 Å².